The summed E-state index contributed by atoms with van der Waals surface area (Å²) in [6, 6.07) is 8.85. The molecular formula is C14H19BrS. The van der Waals surface area contributed by atoms with Gasteiger partial charge in [-0.3, -0.25) is 0 Å². The lowest BCUT2D eigenvalue weighted by Gasteiger charge is -2.16. The number of halogens is 1. The number of thioether (sulfide) groups is 1. The summed E-state index contributed by atoms with van der Waals surface area (Å²) in [4.78, 5) is 2.16. The zero-order chi connectivity index (χ0) is 11.5. The van der Waals surface area contributed by atoms with Crippen LogP contribution in [0.1, 0.15) is 32.3 Å². The van der Waals surface area contributed by atoms with Crippen molar-refractivity contribution in [1.29, 1.82) is 0 Å². The minimum absolute atomic E-state index is 0.649. The van der Waals surface area contributed by atoms with E-state index in [4.69, 9.17) is 0 Å². The van der Waals surface area contributed by atoms with Crippen LogP contribution in [-0.4, -0.2) is 10.1 Å². The van der Waals surface area contributed by atoms with Gasteiger partial charge in [0.15, 0.2) is 0 Å². The fourth-order valence-electron chi connectivity index (χ4n) is 2.48. The van der Waals surface area contributed by atoms with Crippen LogP contribution in [0.25, 0.3) is 0 Å². The van der Waals surface area contributed by atoms with Crippen molar-refractivity contribution in [2.75, 3.05) is 0 Å². The summed E-state index contributed by atoms with van der Waals surface area (Å²) in [6.07, 6.45) is 3.89. The third kappa shape index (κ3) is 3.27. The van der Waals surface area contributed by atoms with E-state index in [0.29, 0.717) is 4.83 Å². The Kier molecular flexibility index (Phi) is 4.37. The molecule has 1 aromatic rings. The van der Waals surface area contributed by atoms with E-state index in [1.807, 2.05) is 0 Å². The maximum Gasteiger partial charge on any atom is 0.0138 e. The molecule has 0 amide bonds. The van der Waals surface area contributed by atoms with Gasteiger partial charge in [-0.25, -0.2) is 0 Å². The predicted octanol–water partition coefficient (Wildman–Crippen LogP) is 4.90. The van der Waals surface area contributed by atoms with Gasteiger partial charge in [0.25, 0.3) is 0 Å². The van der Waals surface area contributed by atoms with E-state index in [0.717, 1.165) is 11.2 Å². The standard InChI is InChI=1S/C14H19BrS/c1-10(7-11(2)15)8-13-9-12-5-3-4-6-14(12)16-13/h3-6,10-11,13H,7-9H2,1-2H3. The summed E-state index contributed by atoms with van der Waals surface area (Å²) in [7, 11) is 0. The summed E-state index contributed by atoms with van der Waals surface area (Å²) >= 11 is 5.72. The molecule has 1 heterocycles. The molecule has 88 valence electrons. The molecule has 1 aromatic carbocycles. The highest BCUT2D eigenvalue weighted by molar-refractivity contribution is 9.09. The summed E-state index contributed by atoms with van der Waals surface area (Å²) in [5, 5.41) is 0.804. The summed E-state index contributed by atoms with van der Waals surface area (Å²) < 4.78 is 0. The molecule has 0 saturated heterocycles. The SMILES string of the molecule is CC(Br)CC(C)CC1Cc2ccccc2S1. The third-order valence-electron chi connectivity index (χ3n) is 3.11. The largest absolute Gasteiger partial charge is 0.122 e. The normalized spacial score (nSPS) is 22.8. The second-order valence-electron chi connectivity index (χ2n) is 4.91. The molecule has 3 unspecified atom stereocenters. The molecule has 1 aliphatic heterocycles. The van der Waals surface area contributed by atoms with E-state index in [1.165, 1.54) is 24.2 Å². The maximum absolute atomic E-state index is 3.65. The Hall–Kier alpha value is 0.0500. The second-order valence-corrected chi connectivity index (χ2v) is 7.81. The van der Waals surface area contributed by atoms with E-state index in [1.54, 1.807) is 5.56 Å². The average molecular weight is 299 g/mol. The molecule has 1 aliphatic rings. The van der Waals surface area contributed by atoms with Gasteiger partial charge in [0.1, 0.15) is 0 Å². The molecule has 2 heteroatoms. The van der Waals surface area contributed by atoms with Crippen molar-refractivity contribution in [3.63, 3.8) is 0 Å². The van der Waals surface area contributed by atoms with Crippen molar-refractivity contribution in [3.05, 3.63) is 29.8 Å². The van der Waals surface area contributed by atoms with Gasteiger partial charge >= 0.3 is 0 Å². The fourth-order valence-corrected chi connectivity index (χ4v) is 4.63. The highest BCUT2D eigenvalue weighted by Gasteiger charge is 2.23. The van der Waals surface area contributed by atoms with E-state index < -0.39 is 0 Å². The van der Waals surface area contributed by atoms with Crippen LogP contribution in [0, 0.1) is 5.92 Å². The van der Waals surface area contributed by atoms with Crippen LogP contribution in [-0.2, 0) is 6.42 Å². The van der Waals surface area contributed by atoms with Crippen LogP contribution in [0.15, 0.2) is 29.2 Å². The van der Waals surface area contributed by atoms with Crippen molar-refractivity contribution >= 4 is 27.7 Å². The average Bonchev–Trinajstić information content (AvgIpc) is 2.57. The van der Waals surface area contributed by atoms with Crippen molar-refractivity contribution in [2.24, 2.45) is 5.92 Å². The predicted molar refractivity (Wildman–Crippen MR) is 76.6 cm³/mol. The molecule has 0 N–H and O–H groups in total. The van der Waals surface area contributed by atoms with E-state index in [-0.39, 0.29) is 0 Å². The van der Waals surface area contributed by atoms with Gasteiger partial charge in [-0.05, 0) is 36.8 Å². The van der Waals surface area contributed by atoms with Crippen molar-refractivity contribution < 1.29 is 0 Å². The highest BCUT2D eigenvalue weighted by Crippen LogP contribution is 2.40. The molecule has 0 fully saturated rings. The third-order valence-corrected chi connectivity index (χ3v) is 4.82. The first-order chi connectivity index (χ1) is 7.65. The molecule has 0 nitrogen and oxygen atoms in total. The quantitative estimate of drug-likeness (QED) is 0.712. The van der Waals surface area contributed by atoms with E-state index >= 15 is 0 Å². The Balaban J connectivity index is 1.87. The smallest absolute Gasteiger partial charge is 0.0138 e. The molecule has 0 radical (unpaired) electrons. The Bertz CT molecular complexity index is 323. The van der Waals surface area contributed by atoms with Gasteiger partial charge in [0.2, 0.25) is 0 Å². The molecule has 16 heavy (non-hydrogen) atoms. The number of hydrogen-bond donors (Lipinski definition) is 0. The van der Waals surface area contributed by atoms with Crippen LogP contribution >= 0.6 is 27.7 Å². The zero-order valence-corrected chi connectivity index (χ0v) is 12.4. The summed E-state index contributed by atoms with van der Waals surface area (Å²) in [6.45, 7) is 4.62. The van der Waals surface area contributed by atoms with Gasteiger partial charge < -0.3 is 0 Å². The number of rotatable bonds is 4. The van der Waals surface area contributed by atoms with Gasteiger partial charge in [0, 0.05) is 15.0 Å². The highest BCUT2D eigenvalue weighted by atomic mass is 79.9. The Morgan fingerprint density at radius 1 is 1.38 bits per heavy atom. The molecule has 0 bridgehead atoms. The molecule has 0 aromatic heterocycles. The minimum Gasteiger partial charge on any atom is -0.122 e. The van der Waals surface area contributed by atoms with Crippen molar-refractivity contribution in [3.8, 4) is 0 Å². The lowest BCUT2D eigenvalue weighted by molar-refractivity contribution is 0.486. The number of hydrogen-bond acceptors (Lipinski definition) is 1. The lowest BCUT2D eigenvalue weighted by Crippen LogP contribution is -2.10. The molecular weight excluding hydrogens is 280 g/mol. The van der Waals surface area contributed by atoms with Gasteiger partial charge in [-0.1, -0.05) is 48.0 Å². The molecule has 0 aliphatic carbocycles. The maximum atomic E-state index is 3.65. The lowest BCUT2D eigenvalue weighted by atomic mass is 9.97. The monoisotopic (exact) mass is 298 g/mol. The van der Waals surface area contributed by atoms with Gasteiger partial charge in [-0.2, -0.15) is 0 Å². The first-order valence-electron chi connectivity index (χ1n) is 6.03. The van der Waals surface area contributed by atoms with Gasteiger partial charge in [-0.15, -0.1) is 11.8 Å². The number of alkyl halides is 1. The van der Waals surface area contributed by atoms with Crippen LogP contribution in [0.2, 0.25) is 0 Å². The summed E-state index contributed by atoms with van der Waals surface area (Å²) in [5.74, 6) is 0.821. The Morgan fingerprint density at radius 2 is 2.12 bits per heavy atom. The van der Waals surface area contributed by atoms with Crippen molar-refractivity contribution in [2.45, 2.75) is 48.1 Å². The second kappa shape index (κ2) is 5.59. The molecule has 2 rings (SSSR count). The zero-order valence-electron chi connectivity index (χ0n) is 9.95. The molecule has 0 spiro atoms. The fraction of sp³-hybridized carbons (Fsp3) is 0.571. The molecule has 3 atom stereocenters. The first-order valence-corrected chi connectivity index (χ1v) is 7.83. The van der Waals surface area contributed by atoms with Crippen LogP contribution in [0.5, 0.6) is 0 Å². The number of benzene rings is 1. The Morgan fingerprint density at radius 3 is 2.81 bits per heavy atom. The topological polar surface area (TPSA) is 0 Å². The van der Waals surface area contributed by atoms with E-state index in [2.05, 4.69) is 65.8 Å². The minimum atomic E-state index is 0.649. The Labute approximate surface area is 111 Å². The van der Waals surface area contributed by atoms with E-state index in [9.17, 15) is 0 Å². The van der Waals surface area contributed by atoms with Gasteiger partial charge in [0.05, 0.1) is 0 Å². The first kappa shape index (κ1) is 12.5. The van der Waals surface area contributed by atoms with Crippen LogP contribution < -0.4 is 0 Å². The summed E-state index contributed by atoms with van der Waals surface area (Å²) in [5.41, 5.74) is 1.55. The number of fused-ring (bicyclic) bond motifs is 1. The van der Waals surface area contributed by atoms with Crippen molar-refractivity contribution in [1.82, 2.24) is 0 Å². The molecule has 0 saturated carbocycles. The van der Waals surface area contributed by atoms with Crippen LogP contribution in [0.4, 0.5) is 0 Å². The van der Waals surface area contributed by atoms with Crippen LogP contribution in [0.3, 0.4) is 0 Å².